The Bertz CT molecular complexity index is 2270. The maximum absolute atomic E-state index is 14.6. The van der Waals surface area contributed by atoms with Crippen molar-refractivity contribution in [2.24, 2.45) is 0 Å². The molecule has 0 saturated carbocycles. The molecule has 0 fully saturated rings. The second kappa shape index (κ2) is 14.1. The molecule has 7 aromatic rings. The fraction of sp³-hybridized carbons (Fsp3) is 0.171. The van der Waals surface area contributed by atoms with Crippen molar-refractivity contribution in [3.8, 4) is 33.6 Å². The van der Waals surface area contributed by atoms with Gasteiger partial charge in [0.1, 0.15) is 11.4 Å². The minimum Gasteiger partial charge on any atom is -0.500 e. The summed E-state index contributed by atoms with van der Waals surface area (Å²) in [7, 11) is -1.34. The Morgan fingerprint density at radius 3 is 2.21 bits per heavy atom. The van der Waals surface area contributed by atoms with E-state index in [1.165, 1.54) is 52.2 Å². The molecule has 0 atom stereocenters. The van der Waals surface area contributed by atoms with Gasteiger partial charge in [-0.15, -0.1) is 47.5 Å². The Kier molecular flexibility index (Phi) is 9.08. The number of aryl methyl sites for hydroxylation is 4. The topological polar surface area (TPSA) is 38.9 Å². The van der Waals surface area contributed by atoms with Crippen LogP contribution in [0.5, 0.6) is 0 Å². The summed E-state index contributed by atoms with van der Waals surface area (Å²) in [6, 6.07) is 28.6. The van der Waals surface area contributed by atoms with Gasteiger partial charge in [-0.1, -0.05) is 68.0 Å². The van der Waals surface area contributed by atoms with Crippen LogP contribution in [-0.4, -0.2) is 18.0 Å². The molecule has 0 aliphatic heterocycles. The Balaban J connectivity index is 0.000000211. The van der Waals surface area contributed by atoms with E-state index in [4.69, 9.17) is 8.53 Å². The Morgan fingerprint density at radius 2 is 1.56 bits per heavy atom. The number of furan rings is 1. The van der Waals surface area contributed by atoms with Crippen LogP contribution in [0, 0.1) is 51.4 Å². The van der Waals surface area contributed by atoms with Crippen LogP contribution in [0.3, 0.4) is 0 Å². The third kappa shape index (κ3) is 7.24. The SMILES string of the molecule is Cc1cc(C)c(-c2ccnc(-c3[c-]cc(F)c4c3oc3cc(F)ccc34)c2)c(C)c1.[2H]C([2H])([2H])c1c[c-]c(-c2ccc([Si](C)(C)C)cn2)cc1.[Ir]. The van der Waals surface area contributed by atoms with Crippen molar-refractivity contribution >= 4 is 35.2 Å². The molecule has 7 heteroatoms. The molecule has 3 heterocycles. The molecule has 48 heavy (non-hydrogen) atoms. The zero-order valence-electron chi connectivity index (χ0n) is 30.6. The summed E-state index contributed by atoms with van der Waals surface area (Å²) < 4.78 is 56.2. The van der Waals surface area contributed by atoms with Crippen LogP contribution in [0.2, 0.25) is 19.6 Å². The molecule has 0 saturated heterocycles. The molecular formula is C41H36F2IrN2OSi-2. The summed E-state index contributed by atoms with van der Waals surface area (Å²) in [5.74, 6) is -0.890. The molecule has 3 nitrogen and oxygen atoms in total. The van der Waals surface area contributed by atoms with E-state index in [1.807, 2.05) is 24.4 Å². The molecule has 0 amide bonds. The van der Waals surface area contributed by atoms with Gasteiger partial charge < -0.3 is 14.4 Å². The standard InChI is InChI=1S/C26H18F2NO.C15H18NSi.Ir/c1-14-10-15(2)24(16(3)11-14)17-8-9-29-22(12-17)19-6-7-21(28)25-20-5-4-18(27)13-23(20)30-26(19)25;1-12-5-7-13(8-6-12)15-10-9-14(11-16-15)17(2,3)4;/h4-5,7-13H,1-3H3;5-7,9-11H,1-4H3;/q2*-1;/i;1D3;. The molecule has 0 aliphatic rings. The number of hydrogen-bond donors (Lipinski definition) is 0. The summed E-state index contributed by atoms with van der Waals surface area (Å²) in [4.78, 5) is 8.96. The van der Waals surface area contributed by atoms with E-state index in [0.717, 1.165) is 22.4 Å². The zero-order valence-corrected chi connectivity index (χ0v) is 30.9. The summed E-state index contributed by atoms with van der Waals surface area (Å²) >= 11 is 0. The van der Waals surface area contributed by atoms with E-state index in [1.54, 1.807) is 18.3 Å². The zero-order chi connectivity index (χ0) is 36.0. The minimum absolute atomic E-state index is 0. The second-order valence-corrected chi connectivity index (χ2v) is 17.9. The minimum atomic E-state index is -2.08. The predicted octanol–water partition coefficient (Wildman–Crippen LogP) is 10.7. The van der Waals surface area contributed by atoms with Crippen molar-refractivity contribution in [2.75, 3.05) is 0 Å². The second-order valence-electron chi connectivity index (χ2n) is 12.8. The number of halogens is 2. The van der Waals surface area contributed by atoms with Crippen molar-refractivity contribution in [3.63, 3.8) is 0 Å². The third-order valence-electron chi connectivity index (χ3n) is 8.16. The van der Waals surface area contributed by atoms with Gasteiger partial charge >= 0.3 is 0 Å². The van der Waals surface area contributed by atoms with Gasteiger partial charge in [-0.3, -0.25) is 4.39 Å². The van der Waals surface area contributed by atoms with Crippen LogP contribution < -0.4 is 5.19 Å². The van der Waals surface area contributed by atoms with Gasteiger partial charge in [0.2, 0.25) is 0 Å². The number of pyridine rings is 2. The average Bonchev–Trinajstić information content (AvgIpc) is 3.43. The van der Waals surface area contributed by atoms with E-state index < -0.39 is 26.6 Å². The van der Waals surface area contributed by atoms with Crippen LogP contribution in [-0.2, 0) is 20.1 Å². The molecule has 3 aromatic heterocycles. The van der Waals surface area contributed by atoms with Crippen LogP contribution in [0.15, 0.2) is 95.7 Å². The third-order valence-corrected chi connectivity index (χ3v) is 10.2. The molecule has 0 aliphatic carbocycles. The molecule has 0 unspecified atom stereocenters. The van der Waals surface area contributed by atoms with Gasteiger partial charge in [-0.25, -0.2) is 4.39 Å². The van der Waals surface area contributed by atoms with E-state index in [0.29, 0.717) is 38.8 Å². The fourth-order valence-electron chi connectivity index (χ4n) is 5.89. The van der Waals surface area contributed by atoms with Crippen LogP contribution in [0.1, 0.15) is 26.4 Å². The number of aromatic nitrogens is 2. The predicted molar refractivity (Wildman–Crippen MR) is 192 cm³/mol. The molecule has 7 rings (SSSR count). The first-order valence-electron chi connectivity index (χ1n) is 16.9. The van der Waals surface area contributed by atoms with Gasteiger partial charge in [-0.05, 0) is 83.2 Å². The van der Waals surface area contributed by atoms with Gasteiger partial charge in [-0.2, -0.15) is 0 Å². The van der Waals surface area contributed by atoms with Gasteiger partial charge in [0.25, 0.3) is 0 Å². The fourth-order valence-corrected chi connectivity index (χ4v) is 6.92. The summed E-state index contributed by atoms with van der Waals surface area (Å²) in [5, 5.41) is 2.15. The van der Waals surface area contributed by atoms with Crippen LogP contribution >= 0.6 is 0 Å². The number of rotatable bonds is 4. The summed E-state index contributed by atoms with van der Waals surface area (Å²) in [5.41, 5.74) is 9.47. The number of benzene rings is 4. The maximum atomic E-state index is 14.6. The van der Waals surface area contributed by atoms with Crippen LogP contribution in [0.25, 0.3) is 55.6 Å². The molecule has 245 valence electrons. The van der Waals surface area contributed by atoms with Crippen molar-refractivity contribution in [1.82, 2.24) is 9.97 Å². The van der Waals surface area contributed by atoms with Gasteiger partial charge in [0, 0.05) is 53.9 Å². The van der Waals surface area contributed by atoms with E-state index in [2.05, 4.69) is 80.7 Å². The molecule has 4 aromatic carbocycles. The summed E-state index contributed by atoms with van der Waals surface area (Å²) in [6.45, 7) is 11.0. The first-order chi connectivity index (χ1) is 23.6. The number of hydrogen-bond acceptors (Lipinski definition) is 3. The number of fused-ring (bicyclic) bond motifs is 3. The molecule has 0 bridgehead atoms. The normalized spacial score (nSPS) is 12.5. The maximum Gasteiger partial charge on any atom is 0.126 e. The monoisotopic (exact) mass is 834 g/mol. The van der Waals surface area contributed by atoms with E-state index in [-0.39, 0.29) is 20.1 Å². The van der Waals surface area contributed by atoms with Crippen molar-refractivity contribution in [2.45, 2.75) is 47.3 Å². The van der Waals surface area contributed by atoms with Crippen LogP contribution in [0.4, 0.5) is 8.78 Å². The van der Waals surface area contributed by atoms with Gasteiger partial charge in [0.05, 0.1) is 13.7 Å². The van der Waals surface area contributed by atoms with E-state index >= 15 is 0 Å². The largest absolute Gasteiger partial charge is 0.500 e. The molecule has 1 radical (unpaired) electrons. The molecular weight excluding hydrogens is 795 g/mol. The number of nitrogens with zero attached hydrogens (tertiary/aromatic N) is 2. The Labute approximate surface area is 299 Å². The van der Waals surface area contributed by atoms with E-state index in [9.17, 15) is 8.78 Å². The average molecular weight is 834 g/mol. The Morgan fingerprint density at radius 1 is 0.792 bits per heavy atom. The summed E-state index contributed by atoms with van der Waals surface area (Å²) in [6.07, 6.45) is 3.65. The molecule has 0 spiro atoms. The Hall–Kier alpha value is -4.29. The van der Waals surface area contributed by atoms with Crippen molar-refractivity contribution < 1.29 is 37.4 Å². The first-order valence-corrected chi connectivity index (χ1v) is 18.9. The van der Waals surface area contributed by atoms with Crippen molar-refractivity contribution in [1.29, 1.82) is 0 Å². The first kappa shape index (κ1) is 31.0. The van der Waals surface area contributed by atoms with Crippen molar-refractivity contribution in [3.05, 3.63) is 137 Å². The van der Waals surface area contributed by atoms with Gasteiger partial charge in [0.15, 0.2) is 0 Å². The quantitative estimate of drug-likeness (QED) is 0.131. The molecule has 0 N–H and O–H groups in total. The smallest absolute Gasteiger partial charge is 0.126 e.